The molecule has 1 aromatic rings. The monoisotopic (exact) mass is 263 g/mol. The Kier molecular flexibility index (Phi) is 4.17. The van der Waals surface area contributed by atoms with Gasteiger partial charge in [0.1, 0.15) is 0 Å². The number of carboxylic acids is 1. The van der Waals surface area contributed by atoms with Crippen molar-refractivity contribution in [1.82, 2.24) is 14.8 Å². The molecule has 2 heterocycles. The van der Waals surface area contributed by atoms with Crippen molar-refractivity contribution in [3.8, 4) is 0 Å². The lowest BCUT2D eigenvalue weighted by molar-refractivity contribution is -0.141. The van der Waals surface area contributed by atoms with E-state index < -0.39 is 11.5 Å². The number of likely N-dealkylation sites (N-methyl/N-ethyl adjacent to an activating group) is 1. The van der Waals surface area contributed by atoms with Gasteiger partial charge in [-0.15, -0.1) is 0 Å². The minimum absolute atomic E-state index is 0.0771. The number of aliphatic carboxylic acids is 1. The van der Waals surface area contributed by atoms with Crippen molar-refractivity contribution >= 4 is 5.97 Å². The van der Waals surface area contributed by atoms with E-state index in [1.807, 2.05) is 25.1 Å². The summed E-state index contributed by atoms with van der Waals surface area (Å²) in [5, 5.41) is 9.23. The molecule has 5 nitrogen and oxygen atoms in total. The Morgan fingerprint density at radius 3 is 2.58 bits per heavy atom. The normalized spacial score (nSPS) is 20.9. The Bertz CT molecular complexity index is 430. The van der Waals surface area contributed by atoms with Crippen LogP contribution < -0.4 is 0 Å². The third-order valence-corrected chi connectivity index (χ3v) is 3.91. The van der Waals surface area contributed by atoms with Crippen LogP contribution in [0.4, 0.5) is 0 Å². The molecule has 1 unspecified atom stereocenters. The first-order chi connectivity index (χ1) is 9.02. The Morgan fingerprint density at radius 1 is 1.37 bits per heavy atom. The molecule has 1 aliphatic heterocycles. The lowest BCUT2D eigenvalue weighted by Gasteiger charge is -2.44. The van der Waals surface area contributed by atoms with Crippen LogP contribution >= 0.6 is 0 Å². The SMILES string of the molecule is CN1CCN(C(C)(CC(=O)O)c2ccccn2)CC1. The summed E-state index contributed by atoms with van der Waals surface area (Å²) in [5.74, 6) is -0.785. The molecule has 2 rings (SSSR count). The van der Waals surface area contributed by atoms with Crippen molar-refractivity contribution in [2.24, 2.45) is 0 Å². The minimum Gasteiger partial charge on any atom is -0.481 e. The van der Waals surface area contributed by atoms with Gasteiger partial charge in [-0.3, -0.25) is 14.7 Å². The molecule has 1 aromatic heterocycles. The summed E-state index contributed by atoms with van der Waals surface area (Å²) in [5.41, 5.74) is 0.302. The Hall–Kier alpha value is -1.46. The van der Waals surface area contributed by atoms with Gasteiger partial charge in [0.05, 0.1) is 17.7 Å². The highest BCUT2D eigenvalue weighted by molar-refractivity contribution is 5.68. The van der Waals surface area contributed by atoms with Gasteiger partial charge in [0.15, 0.2) is 0 Å². The number of aromatic nitrogens is 1. The van der Waals surface area contributed by atoms with Crippen molar-refractivity contribution in [1.29, 1.82) is 0 Å². The zero-order chi connectivity index (χ0) is 13.9. The summed E-state index contributed by atoms with van der Waals surface area (Å²) >= 11 is 0. The molecule has 0 saturated carbocycles. The molecular formula is C14H21N3O2. The van der Waals surface area contributed by atoms with Crippen molar-refractivity contribution in [2.75, 3.05) is 33.2 Å². The van der Waals surface area contributed by atoms with Gasteiger partial charge < -0.3 is 10.0 Å². The third-order valence-electron chi connectivity index (χ3n) is 3.91. The molecule has 1 saturated heterocycles. The van der Waals surface area contributed by atoms with E-state index in [0.29, 0.717) is 0 Å². The molecule has 1 N–H and O–H groups in total. The number of piperazine rings is 1. The molecule has 0 spiro atoms. The Labute approximate surface area is 113 Å². The smallest absolute Gasteiger partial charge is 0.305 e. The first-order valence-corrected chi connectivity index (χ1v) is 6.59. The van der Waals surface area contributed by atoms with Gasteiger partial charge in [0, 0.05) is 32.4 Å². The number of carbonyl (C=O) groups is 1. The Morgan fingerprint density at radius 2 is 2.05 bits per heavy atom. The standard InChI is InChI=1S/C14H21N3O2/c1-14(11-13(18)19,12-5-3-4-6-15-12)17-9-7-16(2)8-10-17/h3-6H,7-11H2,1-2H3,(H,18,19). The van der Waals surface area contributed by atoms with Crippen molar-refractivity contribution < 1.29 is 9.90 Å². The van der Waals surface area contributed by atoms with Crippen molar-refractivity contribution in [2.45, 2.75) is 18.9 Å². The van der Waals surface area contributed by atoms with Crippen LogP contribution in [0.2, 0.25) is 0 Å². The highest BCUT2D eigenvalue weighted by atomic mass is 16.4. The molecule has 19 heavy (non-hydrogen) atoms. The van der Waals surface area contributed by atoms with Crippen LogP contribution in [0.25, 0.3) is 0 Å². The number of rotatable bonds is 4. The summed E-state index contributed by atoms with van der Waals surface area (Å²) in [7, 11) is 2.09. The van der Waals surface area contributed by atoms with Crippen LogP contribution in [-0.2, 0) is 10.3 Å². The maximum atomic E-state index is 11.2. The molecule has 1 atom stereocenters. The molecule has 0 bridgehead atoms. The highest BCUT2D eigenvalue weighted by Crippen LogP contribution is 2.31. The number of pyridine rings is 1. The van der Waals surface area contributed by atoms with Crippen LogP contribution in [0.1, 0.15) is 19.0 Å². The van der Waals surface area contributed by atoms with E-state index in [0.717, 1.165) is 31.9 Å². The summed E-state index contributed by atoms with van der Waals surface area (Å²) in [6.45, 7) is 5.65. The molecule has 5 heteroatoms. The third kappa shape index (κ3) is 3.11. The van der Waals surface area contributed by atoms with Gasteiger partial charge in [0.2, 0.25) is 0 Å². The van der Waals surface area contributed by atoms with Crippen LogP contribution in [0.15, 0.2) is 24.4 Å². The average Bonchev–Trinajstić information content (AvgIpc) is 2.39. The van der Waals surface area contributed by atoms with Crippen molar-refractivity contribution in [3.05, 3.63) is 30.1 Å². The van der Waals surface area contributed by atoms with E-state index in [2.05, 4.69) is 21.8 Å². The highest BCUT2D eigenvalue weighted by Gasteiger charge is 2.38. The molecule has 0 radical (unpaired) electrons. The molecule has 0 aliphatic carbocycles. The minimum atomic E-state index is -0.785. The quantitative estimate of drug-likeness (QED) is 0.879. The zero-order valence-corrected chi connectivity index (χ0v) is 11.5. The van der Waals surface area contributed by atoms with Gasteiger partial charge in [-0.1, -0.05) is 6.07 Å². The second-order valence-corrected chi connectivity index (χ2v) is 5.35. The first-order valence-electron chi connectivity index (χ1n) is 6.59. The Balaban J connectivity index is 2.27. The van der Waals surface area contributed by atoms with E-state index in [1.54, 1.807) is 6.20 Å². The van der Waals surface area contributed by atoms with Gasteiger partial charge in [0.25, 0.3) is 0 Å². The van der Waals surface area contributed by atoms with E-state index in [-0.39, 0.29) is 6.42 Å². The van der Waals surface area contributed by atoms with Crippen molar-refractivity contribution in [3.63, 3.8) is 0 Å². The van der Waals surface area contributed by atoms with Gasteiger partial charge in [-0.25, -0.2) is 0 Å². The number of nitrogens with zero attached hydrogens (tertiary/aromatic N) is 3. The fourth-order valence-electron chi connectivity index (χ4n) is 2.64. The lowest BCUT2D eigenvalue weighted by Crippen LogP contribution is -2.54. The summed E-state index contributed by atoms with van der Waals surface area (Å²) < 4.78 is 0. The molecule has 0 amide bonds. The average molecular weight is 263 g/mol. The van der Waals surface area contributed by atoms with E-state index >= 15 is 0 Å². The van der Waals surface area contributed by atoms with Crippen LogP contribution in [0, 0.1) is 0 Å². The topological polar surface area (TPSA) is 56.7 Å². The largest absolute Gasteiger partial charge is 0.481 e. The summed E-state index contributed by atoms with van der Waals surface area (Å²) in [4.78, 5) is 20.1. The predicted molar refractivity (Wildman–Crippen MR) is 72.9 cm³/mol. The first kappa shape index (κ1) is 14.0. The van der Waals surface area contributed by atoms with Gasteiger partial charge in [-0.2, -0.15) is 0 Å². The fraction of sp³-hybridized carbons (Fsp3) is 0.571. The predicted octanol–water partition coefficient (Wildman–Crippen LogP) is 1.02. The van der Waals surface area contributed by atoms with Gasteiger partial charge in [-0.05, 0) is 26.1 Å². The number of hydrogen-bond acceptors (Lipinski definition) is 4. The second kappa shape index (κ2) is 5.67. The summed E-state index contributed by atoms with van der Waals surface area (Å²) in [6.07, 6.45) is 1.80. The molecule has 1 fully saturated rings. The van der Waals surface area contributed by atoms with E-state index in [1.165, 1.54) is 0 Å². The van der Waals surface area contributed by atoms with E-state index in [9.17, 15) is 9.90 Å². The van der Waals surface area contributed by atoms with Crippen LogP contribution in [0.5, 0.6) is 0 Å². The second-order valence-electron chi connectivity index (χ2n) is 5.35. The fourth-order valence-corrected chi connectivity index (χ4v) is 2.64. The molecule has 104 valence electrons. The molecular weight excluding hydrogens is 242 g/mol. The van der Waals surface area contributed by atoms with Gasteiger partial charge >= 0.3 is 5.97 Å². The maximum absolute atomic E-state index is 11.2. The maximum Gasteiger partial charge on any atom is 0.305 e. The van der Waals surface area contributed by atoms with Crippen LogP contribution in [0.3, 0.4) is 0 Å². The molecule has 0 aromatic carbocycles. The lowest BCUT2D eigenvalue weighted by atomic mass is 9.90. The zero-order valence-electron chi connectivity index (χ0n) is 11.5. The molecule has 1 aliphatic rings. The van der Waals surface area contributed by atoms with Crippen LogP contribution in [-0.4, -0.2) is 59.1 Å². The number of carboxylic acid groups (broad SMARTS) is 1. The number of hydrogen-bond donors (Lipinski definition) is 1. The van der Waals surface area contributed by atoms with E-state index in [4.69, 9.17) is 0 Å². The summed E-state index contributed by atoms with van der Waals surface area (Å²) in [6, 6.07) is 5.69.